The van der Waals surface area contributed by atoms with Crippen LogP contribution < -0.4 is 5.43 Å². The van der Waals surface area contributed by atoms with Gasteiger partial charge in [-0.3, -0.25) is 14.9 Å². The van der Waals surface area contributed by atoms with Gasteiger partial charge >= 0.3 is 0 Å². The first-order valence-electron chi connectivity index (χ1n) is 11.6. The number of nitrogens with zero attached hydrogens (tertiary/aromatic N) is 3. The van der Waals surface area contributed by atoms with E-state index in [1.807, 2.05) is 48.5 Å². The van der Waals surface area contributed by atoms with Crippen LogP contribution in [0.4, 0.5) is 5.69 Å². The number of carbonyl (C=O) groups excluding carboxylic acids is 1. The maximum absolute atomic E-state index is 12.6. The van der Waals surface area contributed by atoms with Crippen LogP contribution in [-0.4, -0.2) is 21.6 Å². The number of hydrazone groups is 1. The number of hydrogen-bond donors (Lipinski definition) is 1. The zero-order chi connectivity index (χ0) is 25.6. The molecule has 180 valence electrons. The lowest BCUT2D eigenvalue weighted by Gasteiger charge is -2.15. The van der Waals surface area contributed by atoms with Gasteiger partial charge in [0.15, 0.2) is 0 Å². The molecule has 0 fully saturated rings. The summed E-state index contributed by atoms with van der Waals surface area (Å²) in [5, 5.41) is 14.7. The van der Waals surface area contributed by atoms with Crippen LogP contribution in [0.5, 0.6) is 0 Å². The number of benzene rings is 4. The van der Waals surface area contributed by atoms with Crippen LogP contribution in [0.2, 0.25) is 0 Å². The zero-order valence-electron chi connectivity index (χ0n) is 19.7. The molecule has 5 aromatic rings. The Hall–Kier alpha value is -5.30. The Morgan fingerprint density at radius 3 is 1.78 bits per heavy atom. The maximum Gasteiger partial charge on any atom is 0.271 e. The van der Waals surface area contributed by atoms with E-state index in [2.05, 4.69) is 51.5 Å². The van der Waals surface area contributed by atoms with E-state index < -0.39 is 4.92 Å². The van der Waals surface area contributed by atoms with E-state index in [0.29, 0.717) is 11.1 Å². The van der Waals surface area contributed by atoms with Gasteiger partial charge in [0.05, 0.1) is 22.5 Å². The number of aromatic nitrogens is 1. The average Bonchev–Trinajstić information content (AvgIpc) is 3.40. The molecule has 1 N–H and O–H groups in total. The van der Waals surface area contributed by atoms with Gasteiger partial charge in [-0.25, -0.2) is 5.43 Å². The van der Waals surface area contributed by atoms with Gasteiger partial charge in [-0.05, 0) is 65.2 Å². The van der Waals surface area contributed by atoms with Crippen LogP contribution in [0.3, 0.4) is 0 Å². The Balaban J connectivity index is 1.39. The number of nitrogens with one attached hydrogen (secondary N) is 1. The molecule has 7 heteroatoms. The molecule has 0 aliphatic carbocycles. The van der Waals surface area contributed by atoms with Crippen LogP contribution in [0.1, 0.15) is 15.9 Å². The molecule has 7 nitrogen and oxygen atoms in total. The predicted molar refractivity (Wildman–Crippen MR) is 145 cm³/mol. The minimum Gasteiger partial charge on any atom is -0.309 e. The van der Waals surface area contributed by atoms with Crippen molar-refractivity contribution in [2.45, 2.75) is 0 Å². The Bertz CT molecular complexity index is 1500. The Morgan fingerprint density at radius 2 is 1.27 bits per heavy atom. The van der Waals surface area contributed by atoms with E-state index in [4.69, 9.17) is 0 Å². The Morgan fingerprint density at radius 1 is 0.730 bits per heavy atom. The molecule has 0 saturated carbocycles. The largest absolute Gasteiger partial charge is 0.309 e. The van der Waals surface area contributed by atoms with Gasteiger partial charge in [-0.1, -0.05) is 60.7 Å². The summed E-state index contributed by atoms with van der Waals surface area (Å²) in [5.41, 5.74) is 8.79. The average molecular weight is 487 g/mol. The molecule has 0 aliphatic heterocycles. The van der Waals surface area contributed by atoms with Crippen molar-refractivity contribution in [2.75, 3.05) is 0 Å². The van der Waals surface area contributed by atoms with Crippen molar-refractivity contribution >= 4 is 17.8 Å². The third kappa shape index (κ3) is 5.21. The van der Waals surface area contributed by atoms with Crippen molar-refractivity contribution in [2.24, 2.45) is 5.10 Å². The third-order valence-corrected chi connectivity index (χ3v) is 5.89. The number of carbonyl (C=O) groups is 1. The quantitative estimate of drug-likeness (QED) is 0.162. The molecule has 0 saturated heterocycles. The van der Waals surface area contributed by atoms with Gasteiger partial charge < -0.3 is 4.57 Å². The van der Waals surface area contributed by atoms with E-state index in [0.717, 1.165) is 28.2 Å². The summed E-state index contributed by atoms with van der Waals surface area (Å²) in [4.78, 5) is 22.9. The first-order chi connectivity index (χ1) is 18.1. The molecule has 5 rings (SSSR count). The molecular weight excluding hydrogens is 464 g/mol. The third-order valence-electron chi connectivity index (χ3n) is 5.89. The highest BCUT2D eigenvalue weighted by atomic mass is 16.6. The minimum absolute atomic E-state index is 0.00480. The van der Waals surface area contributed by atoms with Gasteiger partial charge in [0.25, 0.3) is 11.6 Å². The SMILES string of the molecule is O=C(N/N=C\c1ccc([N+](=O)[O-])cc1)c1ccc(-n2c(-c3ccccc3)ccc2-c2ccccc2)cc1. The van der Waals surface area contributed by atoms with E-state index in [1.165, 1.54) is 18.3 Å². The van der Waals surface area contributed by atoms with Crippen LogP contribution in [0.15, 0.2) is 126 Å². The van der Waals surface area contributed by atoms with E-state index in [1.54, 1.807) is 24.3 Å². The van der Waals surface area contributed by atoms with E-state index in [-0.39, 0.29) is 11.6 Å². The molecule has 1 amide bonds. The molecule has 0 bridgehead atoms. The summed E-state index contributed by atoms with van der Waals surface area (Å²) in [5.74, 6) is -0.358. The normalized spacial score (nSPS) is 10.9. The highest BCUT2D eigenvalue weighted by molar-refractivity contribution is 5.95. The van der Waals surface area contributed by atoms with Crippen molar-refractivity contribution in [1.29, 1.82) is 0 Å². The standard InChI is InChI=1S/C30H22N4O3/c35-30(32-31-21-22-11-15-27(16-12-22)34(36)37)25-13-17-26(18-14-25)33-28(23-7-3-1-4-8-23)19-20-29(33)24-9-5-2-6-10-24/h1-21H,(H,32,35)/b31-21-. The van der Waals surface area contributed by atoms with Crippen molar-refractivity contribution in [3.05, 3.63) is 143 Å². The first kappa shape index (κ1) is 23.4. The summed E-state index contributed by atoms with van der Waals surface area (Å²) in [6.07, 6.45) is 1.44. The predicted octanol–water partition coefficient (Wildman–Crippen LogP) is 6.48. The second-order valence-electron chi connectivity index (χ2n) is 8.27. The smallest absolute Gasteiger partial charge is 0.271 e. The van der Waals surface area contributed by atoms with Crippen LogP contribution in [-0.2, 0) is 0 Å². The topological polar surface area (TPSA) is 89.5 Å². The lowest BCUT2D eigenvalue weighted by atomic mass is 10.1. The highest BCUT2D eigenvalue weighted by Crippen LogP contribution is 2.32. The summed E-state index contributed by atoms with van der Waals surface area (Å²) in [6.45, 7) is 0. The number of hydrogen-bond acceptors (Lipinski definition) is 4. The molecule has 0 unspecified atom stereocenters. The number of rotatable bonds is 7. The first-order valence-corrected chi connectivity index (χ1v) is 11.6. The fraction of sp³-hybridized carbons (Fsp3) is 0. The van der Waals surface area contributed by atoms with Crippen LogP contribution >= 0.6 is 0 Å². The molecule has 4 aromatic carbocycles. The van der Waals surface area contributed by atoms with Gasteiger partial charge in [-0.2, -0.15) is 5.10 Å². The van der Waals surface area contributed by atoms with Crippen molar-refractivity contribution in [3.8, 4) is 28.2 Å². The fourth-order valence-electron chi connectivity index (χ4n) is 4.06. The van der Waals surface area contributed by atoms with Gasteiger partial charge in [0.1, 0.15) is 0 Å². The number of non-ortho nitro benzene ring substituents is 1. The molecule has 1 heterocycles. The molecule has 0 aliphatic rings. The van der Waals surface area contributed by atoms with Gasteiger partial charge in [0.2, 0.25) is 0 Å². The maximum atomic E-state index is 12.6. The Labute approximate surface area is 213 Å². The summed E-state index contributed by atoms with van der Waals surface area (Å²) in [7, 11) is 0. The van der Waals surface area contributed by atoms with Crippen molar-refractivity contribution in [3.63, 3.8) is 0 Å². The lowest BCUT2D eigenvalue weighted by Crippen LogP contribution is -2.17. The van der Waals surface area contributed by atoms with Crippen LogP contribution in [0.25, 0.3) is 28.2 Å². The van der Waals surface area contributed by atoms with E-state index >= 15 is 0 Å². The minimum atomic E-state index is -0.467. The molecule has 1 aromatic heterocycles. The molecule has 0 radical (unpaired) electrons. The fourth-order valence-corrected chi connectivity index (χ4v) is 4.06. The second-order valence-corrected chi connectivity index (χ2v) is 8.27. The van der Waals surface area contributed by atoms with Gasteiger partial charge in [-0.15, -0.1) is 0 Å². The van der Waals surface area contributed by atoms with Crippen molar-refractivity contribution < 1.29 is 9.72 Å². The van der Waals surface area contributed by atoms with Crippen molar-refractivity contribution in [1.82, 2.24) is 9.99 Å². The van der Waals surface area contributed by atoms with Crippen LogP contribution in [0, 0.1) is 10.1 Å². The van der Waals surface area contributed by atoms with Gasteiger partial charge in [0, 0.05) is 23.4 Å². The molecule has 37 heavy (non-hydrogen) atoms. The lowest BCUT2D eigenvalue weighted by molar-refractivity contribution is -0.384. The highest BCUT2D eigenvalue weighted by Gasteiger charge is 2.14. The van der Waals surface area contributed by atoms with E-state index in [9.17, 15) is 14.9 Å². The summed E-state index contributed by atoms with van der Waals surface area (Å²) in [6, 6.07) is 37.8. The molecular formula is C30H22N4O3. The number of nitro groups is 1. The summed E-state index contributed by atoms with van der Waals surface area (Å²) >= 11 is 0. The monoisotopic (exact) mass is 486 g/mol. The summed E-state index contributed by atoms with van der Waals surface area (Å²) < 4.78 is 2.18. The second kappa shape index (κ2) is 10.5. The number of amides is 1. The molecule has 0 spiro atoms. The zero-order valence-corrected chi connectivity index (χ0v) is 19.7. The molecule has 0 atom stereocenters. The number of nitro benzene ring substituents is 1. The Kier molecular flexibility index (Phi) is 6.67.